The Morgan fingerprint density at radius 2 is 2.17 bits per heavy atom. The summed E-state index contributed by atoms with van der Waals surface area (Å²) in [4.78, 5) is 16.0. The first-order chi connectivity index (χ1) is 8.47. The van der Waals surface area contributed by atoms with Crippen molar-refractivity contribution in [2.24, 2.45) is 4.99 Å². The summed E-state index contributed by atoms with van der Waals surface area (Å²) >= 11 is 5.89. The van der Waals surface area contributed by atoms with E-state index < -0.39 is 0 Å². The van der Waals surface area contributed by atoms with Gasteiger partial charge >= 0.3 is 0 Å². The average Bonchev–Trinajstić information content (AvgIpc) is 2.31. The highest BCUT2D eigenvalue weighted by atomic mass is 35.5. The molecule has 2 rings (SSSR count). The van der Waals surface area contributed by atoms with Crippen molar-refractivity contribution in [3.05, 3.63) is 34.9 Å². The minimum Gasteiger partial charge on any atom is -0.398 e. The van der Waals surface area contributed by atoms with Gasteiger partial charge in [-0.3, -0.25) is 4.79 Å². The molecule has 0 radical (unpaired) electrons. The number of benzene rings is 1. The van der Waals surface area contributed by atoms with E-state index >= 15 is 0 Å². The van der Waals surface area contributed by atoms with Gasteiger partial charge < -0.3 is 11.1 Å². The Morgan fingerprint density at radius 1 is 1.44 bits per heavy atom. The number of allylic oxidation sites excluding steroid dienone is 2. The fraction of sp³-hybridized carbons (Fsp3) is 0.154. The molecule has 0 bridgehead atoms. The maximum absolute atomic E-state index is 11.7. The standard InChI is InChI=1S/C13H12ClN3O/c1-7-4-13(18)12(6-11(7)16)17-8-2-3-10(15)9(14)5-8/h2-5,16H,6,15H2,1H3. The van der Waals surface area contributed by atoms with Crippen LogP contribution in [-0.2, 0) is 4.79 Å². The van der Waals surface area contributed by atoms with Gasteiger partial charge in [-0.15, -0.1) is 0 Å². The molecule has 1 aromatic carbocycles. The van der Waals surface area contributed by atoms with Crippen LogP contribution in [0.15, 0.2) is 34.8 Å². The molecule has 0 aromatic heterocycles. The number of carbonyl (C=O) groups excluding carboxylic acids is 1. The van der Waals surface area contributed by atoms with E-state index in [-0.39, 0.29) is 12.2 Å². The van der Waals surface area contributed by atoms with Crippen molar-refractivity contribution in [1.29, 1.82) is 5.41 Å². The summed E-state index contributed by atoms with van der Waals surface area (Å²) in [6.45, 7) is 1.75. The maximum Gasteiger partial charge on any atom is 0.200 e. The van der Waals surface area contributed by atoms with E-state index in [0.29, 0.717) is 33.4 Å². The van der Waals surface area contributed by atoms with Crippen molar-refractivity contribution in [3.8, 4) is 0 Å². The topological polar surface area (TPSA) is 79.3 Å². The third kappa shape index (κ3) is 2.49. The minimum absolute atomic E-state index is 0.156. The fourth-order valence-corrected chi connectivity index (χ4v) is 1.77. The SMILES string of the molecule is CC1=CC(=O)C(=Nc2ccc(N)c(Cl)c2)CC1=N. The van der Waals surface area contributed by atoms with Gasteiger partial charge in [-0.25, -0.2) is 4.99 Å². The number of halogens is 1. The molecule has 1 aliphatic carbocycles. The molecule has 0 heterocycles. The number of nitrogen functional groups attached to an aromatic ring is 1. The number of ketones is 1. The zero-order chi connectivity index (χ0) is 13.3. The van der Waals surface area contributed by atoms with Crippen molar-refractivity contribution in [2.75, 3.05) is 5.73 Å². The van der Waals surface area contributed by atoms with Crippen molar-refractivity contribution in [3.63, 3.8) is 0 Å². The van der Waals surface area contributed by atoms with Gasteiger partial charge in [0.2, 0.25) is 5.78 Å². The van der Waals surface area contributed by atoms with Crippen molar-refractivity contribution in [1.82, 2.24) is 0 Å². The highest BCUT2D eigenvalue weighted by molar-refractivity contribution is 6.50. The van der Waals surface area contributed by atoms with Crippen LogP contribution in [0.5, 0.6) is 0 Å². The lowest BCUT2D eigenvalue weighted by atomic mass is 9.96. The van der Waals surface area contributed by atoms with Crippen LogP contribution >= 0.6 is 11.6 Å². The predicted octanol–water partition coefficient (Wildman–Crippen LogP) is 2.93. The summed E-state index contributed by atoms with van der Waals surface area (Å²) in [6, 6.07) is 4.93. The van der Waals surface area contributed by atoms with Crippen LogP contribution in [0.1, 0.15) is 13.3 Å². The monoisotopic (exact) mass is 261 g/mol. The Morgan fingerprint density at radius 3 is 2.83 bits per heavy atom. The van der Waals surface area contributed by atoms with Gasteiger partial charge in [0.05, 0.1) is 22.1 Å². The summed E-state index contributed by atoms with van der Waals surface area (Å²) in [6.07, 6.45) is 1.69. The van der Waals surface area contributed by atoms with E-state index in [4.69, 9.17) is 22.7 Å². The summed E-state index contributed by atoms with van der Waals surface area (Å²) in [5.74, 6) is -0.156. The summed E-state index contributed by atoms with van der Waals surface area (Å²) in [5.41, 5.74) is 8.09. The normalized spacial score (nSPS) is 18.1. The number of nitrogens with two attached hydrogens (primary N) is 1. The number of anilines is 1. The Kier molecular flexibility index (Phi) is 3.30. The van der Waals surface area contributed by atoms with E-state index in [1.54, 1.807) is 25.1 Å². The molecule has 0 saturated heterocycles. The van der Waals surface area contributed by atoms with Gasteiger partial charge in [-0.2, -0.15) is 0 Å². The third-order valence-electron chi connectivity index (χ3n) is 2.70. The minimum atomic E-state index is -0.156. The Hall–Kier alpha value is -1.94. The summed E-state index contributed by atoms with van der Waals surface area (Å²) in [5, 5.41) is 8.11. The molecule has 3 N–H and O–H groups in total. The maximum atomic E-state index is 11.7. The second-order valence-electron chi connectivity index (χ2n) is 4.11. The first-order valence-electron chi connectivity index (χ1n) is 5.40. The van der Waals surface area contributed by atoms with Crippen LogP contribution in [0.4, 0.5) is 11.4 Å². The van der Waals surface area contributed by atoms with E-state index in [9.17, 15) is 4.79 Å². The van der Waals surface area contributed by atoms with Crippen molar-refractivity contribution >= 4 is 40.2 Å². The fourth-order valence-electron chi connectivity index (χ4n) is 1.60. The molecular weight excluding hydrogens is 250 g/mol. The predicted molar refractivity (Wildman–Crippen MR) is 74.1 cm³/mol. The zero-order valence-electron chi connectivity index (χ0n) is 9.83. The number of hydrogen-bond acceptors (Lipinski definition) is 4. The van der Waals surface area contributed by atoms with Gasteiger partial charge in [0.1, 0.15) is 0 Å². The van der Waals surface area contributed by atoms with E-state index in [0.717, 1.165) is 0 Å². The number of nitrogens with zero attached hydrogens (tertiary/aromatic N) is 1. The molecule has 0 spiro atoms. The molecule has 18 heavy (non-hydrogen) atoms. The third-order valence-corrected chi connectivity index (χ3v) is 3.03. The molecule has 0 fully saturated rings. The largest absolute Gasteiger partial charge is 0.398 e. The Labute approximate surface area is 110 Å². The zero-order valence-corrected chi connectivity index (χ0v) is 10.6. The molecule has 5 heteroatoms. The molecule has 0 saturated carbocycles. The molecule has 0 aliphatic heterocycles. The van der Waals surface area contributed by atoms with Gasteiger partial charge in [-0.05, 0) is 36.8 Å². The molecule has 0 atom stereocenters. The number of rotatable bonds is 1. The van der Waals surface area contributed by atoms with E-state index in [1.807, 2.05) is 0 Å². The highest BCUT2D eigenvalue weighted by Gasteiger charge is 2.19. The average molecular weight is 262 g/mol. The Balaban J connectivity index is 2.37. The first kappa shape index (κ1) is 12.5. The molecular formula is C13H12ClN3O. The van der Waals surface area contributed by atoms with E-state index in [2.05, 4.69) is 4.99 Å². The lowest BCUT2D eigenvalue weighted by Crippen LogP contribution is -2.22. The van der Waals surface area contributed by atoms with Crippen LogP contribution in [-0.4, -0.2) is 17.2 Å². The number of nitrogens with one attached hydrogen (secondary N) is 1. The number of hydrogen-bond donors (Lipinski definition) is 2. The molecule has 92 valence electrons. The molecule has 1 aliphatic rings. The molecule has 0 unspecified atom stereocenters. The van der Waals surface area contributed by atoms with E-state index in [1.165, 1.54) is 6.08 Å². The van der Waals surface area contributed by atoms with Crippen molar-refractivity contribution in [2.45, 2.75) is 13.3 Å². The summed E-state index contributed by atoms with van der Waals surface area (Å²) < 4.78 is 0. The quantitative estimate of drug-likeness (QED) is 0.762. The van der Waals surface area contributed by atoms with Crippen molar-refractivity contribution < 1.29 is 4.79 Å². The number of aliphatic imine (C=N–C) groups is 1. The summed E-state index contributed by atoms with van der Waals surface area (Å²) in [7, 11) is 0. The van der Waals surface area contributed by atoms with Crippen LogP contribution in [0.3, 0.4) is 0 Å². The van der Waals surface area contributed by atoms with Gasteiger partial charge in [-0.1, -0.05) is 11.6 Å². The lowest BCUT2D eigenvalue weighted by molar-refractivity contribution is -0.109. The number of carbonyl (C=O) groups is 1. The van der Waals surface area contributed by atoms with Crippen LogP contribution in [0.25, 0.3) is 0 Å². The van der Waals surface area contributed by atoms with Gasteiger partial charge in [0, 0.05) is 12.1 Å². The lowest BCUT2D eigenvalue weighted by Gasteiger charge is -2.12. The van der Waals surface area contributed by atoms with Gasteiger partial charge in [0.25, 0.3) is 0 Å². The second kappa shape index (κ2) is 4.74. The molecule has 0 amide bonds. The van der Waals surface area contributed by atoms with Crippen LogP contribution in [0, 0.1) is 5.41 Å². The molecule has 4 nitrogen and oxygen atoms in total. The highest BCUT2D eigenvalue weighted by Crippen LogP contribution is 2.25. The first-order valence-corrected chi connectivity index (χ1v) is 5.78. The smallest absolute Gasteiger partial charge is 0.200 e. The van der Waals surface area contributed by atoms with Crippen LogP contribution < -0.4 is 5.73 Å². The van der Waals surface area contributed by atoms with Crippen LogP contribution in [0.2, 0.25) is 5.02 Å². The van der Waals surface area contributed by atoms with Gasteiger partial charge in [0.15, 0.2) is 0 Å². The second-order valence-corrected chi connectivity index (χ2v) is 4.52. The Bertz CT molecular complexity index is 602. The molecule has 1 aromatic rings.